The first-order valence-electron chi connectivity index (χ1n) is 10.2. The molecule has 30 heavy (non-hydrogen) atoms. The lowest BCUT2D eigenvalue weighted by Crippen LogP contribution is -2.32. The van der Waals surface area contributed by atoms with Crippen molar-refractivity contribution < 1.29 is 13.8 Å². The highest BCUT2D eigenvalue weighted by molar-refractivity contribution is 5.92. The van der Waals surface area contributed by atoms with E-state index in [4.69, 9.17) is 14.0 Å². The average molecular weight is 410 g/mol. The zero-order chi connectivity index (χ0) is 21.3. The van der Waals surface area contributed by atoms with Crippen LogP contribution in [0.25, 0.3) is 11.3 Å². The first-order chi connectivity index (χ1) is 14.5. The van der Waals surface area contributed by atoms with Gasteiger partial charge in [-0.05, 0) is 26.2 Å². The molecule has 158 valence electrons. The van der Waals surface area contributed by atoms with E-state index in [-0.39, 0.29) is 11.9 Å². The minimum absolute atomic E-state index is 0.145. The summed E-state index contributed by atoms with van der Waals surface area (Å²) in [5.74, 6) is 1.76. The molecule has 1 amide bonds. The van der Waals surface area contributed by atoms with Crippen molar-refractivity contribution in [1.29, 1.82) is 0 Å². The molecule has 0 bridgehead atoms. The second-order valence-corrected chi connectivity index (χ2v) is 7.78. The van der Waals surface area contributed by atoms with Gasteiger partial charge in [0, 0.05) is 45.4 Å². The summed E-state index contributed by atoms with van der Waals surface area (Å²) in [6.45, 7) is 4.56. The summed E-state index contributed by atoms with van der Waals surface area (Å²) in [7, 11) is 3.78. The fraction of sp³-hybridized carbons (Fsp3) is 0.476. The SMILES string of the molecule is CCCc1cc(C(=O)N2CCCC2c2nc(N(C)C)ncc2-c2cc(C)no2)no1. The molecule has 0 spiro atoms. The van der Waals surface area contributed by atoms with Gasteiger partial charge in [0.05, 0.1) is 23.0 Å². The van der Waals surface area contributed by atoms with Gasteiger partial charge in [0.15, 0.2) is 11.5 Å². The van der Waals surface area contributed by atoms with Gasteiger partial charge in [0.25, 0.3) is 5.91 Å². The molecular weight excluding hydrogens is 384 g/mol. The number of hydrogen-bond acceptors (Lipinski definition) is 8. The van der Waals surface area contributed by atoms with Crippen molar-refractivity contribution in [1.82, 2.24) is 25.2 Å². The Hall–Kier alpha value is -3.23. The maximum absolute atomic E-state index is 13.2. The van der Waals surface area contributed by atoms with Crippen molar-refractivity contribution in [2.75, 3.05) is 25.5 Å². The Morgan fingerprint density at radius 2 is 2.10 bits per heavy atom. The van der Waals surface area contributed by atoms with E-state index < -0.39 is 0 Å². The van der Waals surface area contributed by atoms with E-state index in [1.165, 1.54) is 0 Å². The van der Waals surface area contributed by atoms with Gasteiger partial charge in [-0.15, -0.1) is 0 Å². The third kappa shape index (κ3) is 3.79. The summed E-state index contributed by atoms with van der Waals surface area (Å²) in [5.41, 5.74) is 2.62. The summed E-state index contributed by atoms with van der Waals surface area (Å²) < 4.78 is 10.8. The summed E-state index contributed by atoms with van der Waals surface area (Å²) in [5, 5.41) is 8.00. The Labute approximate surface area is 175 Å². The fourth-order valence-electron chi connectivity index (χ4n) is 3.75. The van der Waals surface area contributed by atoms with Crippen molar-refractivity contribution in [2.45, 2.75) is 45.6 Å². The van der Waals surface area contributed by atoms with Crippen LogP contribution in [0, 0.1) is 6.92 Å². The van der Waals surface area contributed by atoms with E-state index in [2.05, 4.69) is 22.2 Å². The van der Waals surface area contributed by atoms with E-state index in [0.29, 0.717) is 23.9 Å². The quantitative estimate of drug-likeness (QED) is 0.609. The molecular formula is C21H26N6O3. The van der Waals surface area contributed by atoms with Gasteiger partial charge in [-0.3, -0.25) is 4.79 Å². The minimum atomic E-state index is -0.203. The fourth-order valence-corrected chi connectivity index (χ4v) is 3.75. The molecule has 9 nitrogen and oxygen atoms in total. The molecule has 1 fully saturated rings. The smallest absolute Gasteiger partial charge is 0.276 e. The predicted molar refractivity (Wildman–Crippen MR) is 110 cm³/mol. The third-order valence-electron chi connectivity index (χ3n) is 5.20. The molecule has 1 atom stereocenters. The summed E-state index contributed by atoms with van der Waals surface area (Å²) >= 11 is 0. The van der Waals surface area contributed by atoms with Crippen molar-refractivity contribution in [2.24, 2.45) is 0 Å². The van der Waals surface area contributed by atoms with E-state index >= 15 is 0 Å². The van der Waals surface area contributed by atoms with Crippen LogP contribution in [-0.4, -0.2) is 51.7 Å². The molecule has 1 aliphatic rings. The number of anilines is 1. The molecule has 9 heteroatoms. The first kappa shape index (κ1) is 20.1. The summed E-state index contributed by atoms with van der Waals surface area (Å²) in [6, 6.07) is 3.39. The van der Waals surface area contributed by atoms with Gasteiger partial charge in [-0.1, -0.05) is 17.2 Å². The van der Waals surface area contributed by atoms with Crippen LogP contribution in [0.15, 0.2) is 27.4 Å². The van der Waals surface area contributed by atoms with Gasteiger partial charge in [0.1, 0.15) is 5.76 Å². The van der Waals surface area contributed by atoms with Crippen LogP contribution < -0.4 is 4.90 Å². The molecule has 1 aliphatic heterocycles. The highest BCUT2D eigenvalue weighted by Crippen LogP contribution is 2.38. The zero-order valence-electron chi connectivity index (χ0n) is 17.8. The van der Waals surface area contributed by atoms with E-state index in [9.17, 15) is 4.79 Å². The lowest BCUT2D eigenvalue weighted by Gasteiger charge is -2.25. The Balaban J connectivity index is 1.71. The number of nitrogens with zero attached hydrogens (tertiary/aromatic N) is 6. The maximum atomic E-state index is 13.2. The van der Waals surface area contributed by atoms with E-state index in [1.54, 1.807) is 12.3 Å². The van der Waals surface area contributed by atoms with Crippen molar-refractivity contribution in [3.05, 3.63) is 41.2 Å². The molecule has 1 unspecified atom stereocenters. The second kappa shape index (κ2) is 8.25. The molecule has 0 saturated carbocycles. The zero-order valence-corrected chi connectivity index (χ0v) is 17.8. The van der Waals surface area contributed by atoms with Crippen LogP contribution in [0.5, 0.6) is 0 Å². The van der Waals surface area contributed by atoms with Gasteiger partial charge >= 0.3 is 0 Å². The van der Waals surface area contributed by atoms with Gasteiger partial charge in [-0.2, -0.15) is 0 Å². The minimum Gasteiger partial charge on any atom is -0.361 e. The molecule has 3 aromatic heterocycles. The number of carbonyl (C=O) groups excluding carboxylic acids is 1. The Morgan fingerprint density at radius 1 is 1.27 bits per heavy atom. The normalized spacial score (nSPS) is 16.3. The number of aromatic nitrogens is 4. The molecule has 0 aliphatic carbocycles. The number of hydrogen-bond donors (Lipinski definition) is 0. The maximum Gasteiger partial charge on any atom is 0.276 e. The number of likely N-dealkylation sites (tertiary alicyclic amines) is 1. The highest BCUT2D eigenvalue weighted by Gasteiger charge is 2.35. The Bertz CT molecular complexity index is 1040. The number of aryl methyl sites for hydroxylation is 2. The second-order valence-electron chi connectivity index (χ2n) is 7.78. The molecule has 0 radical (unpaired) electrons. The van der Waals surface area contributed by atoms with Crippen molar-refractivity contribution in [3.8, 4) is 11.3 Å². The van der Waals surface area contributed by atoms with Crippen LogP contribution >= 0.6 is 0 Å². The van der Waals surface area contributed by atoms with Crippen molar-refractivity contribution in [3.63, 3.8) is 0 Å². The first-order valence-corrected chi connectivity index (χ1v) is 10.2. The number of carbonyl (C=O) groups is 1. The van der Waals surface area contributed by atoms with Crippen LogP contribution in [-0.2, 0) is 6.42 Å². The summed E-state index contributed by atoms with van der Waals surface area (Å²) in [6.07, 6.45) is 5.12. The van der Waals surface area contributed by atoms with Crippen LogP contribution in [0.3, 0.4) is 0 Å². The van der Waals surface area contributed by atoms with Gasteiger partial charge in [0.2, 0.25) is 5.95 Å². The largest absolute Gasteiger partial charge is 0.361 e. The molecule has 1 saturated heterocycles. The lowest BCUT2D eigenvalue weighted by atomic mass is 10.0. The van der Waals surface area contributed by atoms with Gasteiger partial charge in [-0.25, -0.2) is 9.97 Å². The monoisotopic (exact) mass is 410 g/mol. The molecule has 0 N–H and O–H groups in total. The van der Waals surface area contributed by atoms with Crippen LogP contribution in [0.1, 0.15) is 59.9 Å². The molecule has 4 heterocycles. The van der Waals surface area contributed by atoms with E-state index in [1.807, 2.05) is 36.9 Å². The van der Waals surface area contributed by atoms with Crippen LogP contribution in [0.2, 0.25) is 0 Å². The standard InChI is InChI=1S/C21H26N6O3/c1-5-7-14-11-16(25-29-14)20(28)27-9-6-8-17(27)19-15(18-10-13(2)24-30-18)12-22-21(23-19)26(3)4/h10-12,17H,5-9H2,1-4H3. The molecule has 0 aromatic carbocycles. The highest BCUT2D eigenvalue weighted by atomic mass is 16.5. The topological polar surface area (TPSA) is 101 Å². The number of amides is 1. The van der Waals surface area contributed by atoms with Gasteiger partial charge < -0.3 is 18.8 Å². The third-order valence-corrected chi connectivity index (χ3v) is 5.20. The van der Waals surface area contributed by atoms with E-state index in [0.717, 1.165) is 48.4 Å². The Kier molecular flexibility index (Phi) is 5.52. The lowest BCUT2D eigenvalue weighted by molar-refractivity contribution is 0.0722. The predicted octanol–water partition coefficient (Wildman–Crippen LogP) is 3.42. The Morgan fingerprint density at radius 3 is 2.80 bits per heavy atom. The summed E-state index contributed by atoms with van der Waals surface area (Å²) in [4.78, 5) is 26.1. The van der Waals surface area contributed by atoms with Crippen molar-refractivity contribution >= 4 is 11.9 Å². The van der Waals surface area contributed by atoms with Crippen LogP contribution in [0.4, 0.5) is 5.95 Å². The molecule has 4 rings (SSSR count). The number of rotatable bonds is 6. The average Bonchev–Trinajstić information content (AvgIpc) is 3.48. The molecule has 3 aromatic rings.